The van der Waals surface area contributed by atoms with E-state index < -0.39 is 27.7 Å². The molecule has 23 heavy (non-hydrogen) atoms. The van der Waals surface area contributed by atoms with Gasteiger partial charge in [0.2, 0.25) is 0 Å². The fourth-order valence-electron chi connectivity index (χ4n) is 2.58. The SMILES string of the molecule is CC(C)(C)c1ccccc1NC(=O)C(=O)NC1CCS(=O)(=O)C1. The number of benzene rings is 1. The number of carbonyl (C=O) groups excluding carboxylic acids is 2. The van der Waals surface area contributed by atoms with Crippen molar-refractivity contribution in [1.29, 1.82) is 0 Å². The Kier molecular flexibility index (Phi) is 4.79. The van der Waals surface area contributed by atoms with E-state index >= 15 is 0 Å². The van der Waals surface area contributed by atoms with Crippen LogP contribution in [0, 0.1) is 0 Å². The predicted octanol–water partition coefficient (Wildman–Crippen LogP) is 1.23. The Morgan fingerprint density at radius 2 is 1.78 bits per heavy atom. The molecule has 0 bridgehead atoms. The molecule has 1 fully saturated rings. The van der Waals surface area contributed by atoms with Crippen LogP contribution in [0.3, 0.4) is 0 Å². The standard InChI is InChI=1S/C16H22N2O4S/c1-16(2,3)12-6-4-5-7-13(12)18-15(20)14(19)17-11-8-9-23(21,22)10-11/h4-7,11H,8-10H2,1-3H3,(H,17,19)(H,18,20). The highest BCUT2D eigenvalue weighted by atomic mass is 32.2. The first-order chi connectivity index (χ1) is 10.6. The maximum absolute atomic E-state index is 12.1. The lowest BCUT2D eigenvalue weighted by Crippen LogP contribution is -2.42. The monoisotopic (exact) mass is 338 g/mol. The Hall–Kier alpha value is -1.89. The normalized spacial score (nSPS) is 20.0. The molecule has 1 aliphatic rings. The molecule has 2 rings (SSSR count). The lowest BCUT2D eigenvalue weighted by Gasteiger charge is -2.23. The minimum Gasteiger partial charge on any atom is -0.344 e. The molecule has 0 spiro atoms. The minimum atomic E-state index is -3.10. The minimum absolute atomic E-state index is 0.0480. The summed E-state index contributed by atoms with van der Waals surface area (Å²) in [6, 6.07) is 6.81. The molecular formula is C16H22N2O4S. The molecule has 2 amide bonds. The van der Waals surface area contributed by atoms with Crippen molar-refractivity contribution in [2.75, 3.05) is 16.8 Å². The van der Waals surface area contributed by atoms with Crippen molar-refractivity contribution in [3.05, 3.63) is 29.8 Å². The molecular weight excluding hydrogens is 316 g/mol. The summed E-state index contributed by atoms with van der Waals surface area (Å²) in [4.78, 5) is 24.0. The Bertz CT molecular complexity index is 720. The third-order valence-corrected chi connectivity index (χ3v) is 5.53. The third-order valence-electron chi connectivity index (χ3n) is 3.76. The molecule has 2 N–H and O–H groups in total. The van der Waals surface area contributed by atoms with Crippen LogP contribution in [0.2, 0.25) is 0 Å². The van der Waals surface area contributed by atoms with E-state index in [-0.39, 0.29) is 16.9 Å². The highest BCUT2D eigenvalue weighted by molar-refractivity contribution is 7.91. The summed E-state index contributed by atoms with van der Waals surface area (Å²) in [5.74, 6) is -1.65. The van der Waals surface area contributed by atoms with E-state index in [1.807, 2.05) is 32.9 Å². The van der Waals surface area contributed by atoms with Gasteiger partial charge in [-0.05, 0) is 23.5 Å². The number of hydrogen-bond acceptors (Lipinski definition) is 4. The lowest BCUT2D eigenvalue weighted by atomic mass is 9.86. The third kappa shape index (κ3) is 4.54. The van der Waals surface area contributed by atoms with E-state index in [0.29, 0.717) is 12.1 Å². The number of anilines is 1. The molecule has 6 nitrogen and oxygen atoms in total. The fourth-order valence-corrected chi connectivity index (χ4v) is 4.26. The Balaban J connectivity index is 2.04. The van der Waals surface area contributed by atoms with Gasteiger partial charge in [-0.25, -0.2) is 8.42 Å². The molecule has 1 atom stereocenters. The quantitative estimate of drug-likeness (QED) is 0.793. The van der Waals surface area contributed by atoms with Gasteiger partial charge in [0.15, 0.2) is 9.84 Å². The first kappa shape index (κ1) is 17.5. The van der Waals surface area contributed by atoms with E-state index in [0.717, 1.165) is 5.56 Å². The van der Waals surface area contributed by atoms with Crippen molar-refractivity contribution in [2.45, 2.75) is 38.6 Å². The second kappa shape index (κ2) is 6.31. The number of carbonyl (C=O) groups is 2. The highest BCUT2D eigenvalue weighted by Gasteiger charge is 2.30. The van der Waals surface area contributed by atoms with Gasteiger partial charge in [-0.3, -0.25) is 9.59 Å². The Morgan fingerprint density at radius 1 is 1.13 bits per heavy atom. The van der Waals surface area contributed by atoms with E-state index in [1.54, 1.807) is 12.1 Å². The summed E-state index contributed by atoms with van der Waals surface area (Å²) in [5.41, 5.74) is 1.32. The van der Waals surface area contributed by atoms with E-state index in [4.69, 9.17) is 0 Å². The van der Waals surface area contributed by atoms with Crippen LogP contribution < -0.4 is 10.6 Å². The molecule has 1 aliphatic heterocycles. The van der Waals surface area contributed by atoms with Crippen molar-refractivity contribution in [1.82, 2.24) is 5.32 Å². The van der Waals surface area contributed by atoms with Gasteiger partial charge in [0.25, 0.3) is 0 Å². The van der Waals surface area contributed by atoms with Gasteiger partial charge in [-0.1, -0.05) is 39.0 Å². The second-order valence-corrected chi connectivity index (χ2v) is 9.05. The molecule has 0 radical (unpaired) electrons. The topological polar surface area (TPSA) is 92.3 Å². The molecule has 1 saturated heterocycles. The fraction of sp³-hybridized carbons (Fsp3) is 0.500. The van der Waals surface area contributed by atoms with Gasteiger partial charge in [0, 0.05) is 11.7 Å². The van der Waals surface area contributed by atoms with Crippen LogP contribution in [0.25, 0.3) is 0 Å². The zero-order valence-electron chi connectivity index (χ0n) is 13.5. The summed E-state index contributed by atoms with van der Waals surface area (Å²) in [6.45, 7) is 6.05. The molecule has 1 aromatic carbocycles. The van der Waals surface area contributed by atoms with Gasteiger partial charge < -0.3 is 10.6 Å². The van der Waals surface area contributed by atoms with E-state index in [9.17, 15) is 18.0 Å². The molecule has 1 aromatic rings. The molecule has 126 valence electrons. The van der Waals surface area contributed by atoms with Crippen molar-refractivity contribution < 1.29 is 18.0 Å². The van der Waals surface area contributed by atoms with Crippen molar-refractivity contribution in [3.63, 3.8) is 0 Å². The Morgan fingerprint density at radius 3 is 2.35 bits per heavy atom. The van der Waals surface area contributed by atoms with Crippen LogP contribution in [-0.2, 0) is 24.8 Å². The second-order valence-electron chi connectivity index (χ2n) is 6.82. The number of rotatable bonds is 2. The zero-order valence-corrected chi connectivity index (χ0v) is 14.4. The summed E-state index contributed by atoms with van der Waals surface area (Å²) < 4.78 is 22.8. The summed E-state index contributed by atoms with van der Waals surface area (Å²) in [5, 5.41) is 5.09. The number of para-hydroxylation sites is 1. The summed E-state index contributed by atoms with van der Waals surface area (Å²) in [6.07, 6.45) is 0.347. The number of amides is 2. The van der Waals surface area contributed by atoms with Gasteiger partial charge in [0.1, 0.15) is 0 Å². The van der Waals surface area contributed by atoms with Crippen LogP contribution in [0.4, 0.5) is 5.69 Å². The summed E-state index contributed by atoms with van der Waals surface area (Å²) >= 11 is 0. The van der Waals surface area contributed by atoms with E-state index in [1.165, 1.54) is 0 Å². The molecule has 0 aromatic heterocycles. The van der Waals surface area contributed by atoms with Crippen LogP contribution in [0.5, 0.6) is 0 Å². The lowest BCUT2D eigenvalue weighted by molar-refractivity contribution is -0.136. The highest BCUT2D eigenvalue weighted by Crippen LogP contribution is 2.29. The summed E-state index contributed by atoms with van der Waals surface area (Å²) in [7, 11) is -3.10. The average Bonchev–Trinajstić information content (AvgIpc) is 2.77. The number of hydrogen-bond donors (Lipinski definition) is 2. The van der Waals surface area contributed by atoms with Gasteiger partial charge >= 0.3 is 11.8 Å². The Labute approximate surface area is 136 Å². The molecule has 0 aliphatic carbocycles. The first-order valence-corrected chi connectivity index (χ1v) is 9.32. The smallest absolute Gasteiger partial charge is 0.313 e. The number of sulfone groups is 1. The largest absolute Gasteiger partial charge is 0.344 e. The molecule has 7 heteroatoms. The van der Waals surface area contributed by atoms with Crippen LogP contribution >= 0.6 is 0 Å². The van der Waals surface area contributed by atoms with Gasteiger partial charge in [-0.2, -0.15) is 0 Å². The van der Waals surface area contributed by atoms with E-state index in [2.05, 4.69) is 10.6 Å². The molecule has 0 saturated carbocycles. The zero-order chi connectivity index (χ0) is 17.3. The first-order valence-electron chi connectivity index (χ1n) is 7.50. The molecule has 1 unspecified atom stereocenters. The van der Waals surface area contributed by atoms with Gasteiger partial charge in [-0.15, -0.1) is 0 Å². The van der Waals surface area contributed by atoms with Crippen LogP contribution in [0.15, 0.2) is 24.3 Å². The molecule has 1 heterocycles. The average molecular weight is 338 g/mol. The van der Waals surface area contributed by atoms with Crippen molar-refractivity contribution >= 4 is 27.3 Å². The number of nitrogens with one attached hydrogen (secondary N) is 2. The maximum atomic E-state index is 12.1. The van der Waals surface area contributed by atoms with Crippen LogP contribution in [-0.4, -0.2) is 37.8 Å². The predicted molar refractivity (Wildman–Crippen MR) is 89.0 cm³/mol. The maximum Gasteiger partial charge on any atom is 0.313 e. The van der Waals surface area contributed by atoms with Gasteiger partial charge in [0.05, 0.1) is 11.5 Å². The van der Waals surface area contributed by atoms with Crippen LogP contribution in [0.1, 0.15) is 32.8 Å². The van der Waals surface area contributed by atoms with Crippen molar-refractivity contribution in [2.24, 2.45) is 0 Å². The van der Waals surface area contributed by atoms with Crippen molar-refractivity contribution in [3.8, 4) is 0 Å².